The Kier molecular flexibility index (Phi) is 18.4. The van der Waals surface area contributed by atoms with Crippen LogP contribution < -0.4 is 32.3 Å². The number of nitrogens with one attached hydrogen (secondary N) is 5. The molecule has 8 atom stereocenters. The highest BCUT2D eigenvalue weighted by atomic mass is 32.1. The number of rotatable bonds is 20. The van der Waals surface area contributed by atoms with E-state index in [1.54, 1.807) is 30.3 Å². The highest BCUT2D eigenvalue weighted by Gasteiger charge is 2.38. The zero-order chi connectivity index (χ0) is 39.1. The molecule has 10 N–H and O–H groups in total. The van der Waals surface area contributed by atoms with Crippen molar-refractivity contribution in [1.29, 1.82) is 0 Å². The first kappa shape index (κ1) is 44.3. The van der Waals surface area contributed by atoms with Gasteiger partial charge in [0.1, 0.15) is 30.2 Å². The normalized spacial score (nSPS) is 18.2. The van der Waals surface area contributed by atoms with E-state index >= 15 is 0 Å². The fourth-order valence-corrected chi connectivity index (χ4v) is 5.89. The summed E-state index contributed by atoms with van der Waals surface area (Å²) in [7, 11) is 0. The number of carboxylic acid groups (broad SMARTS) is 1. The molecule has 0 radical (unpaired) electrons. The zero-order valence-corrected chi connectivity index (χ0v) is 31.1. The van der Waals surface area contributed by atoms with Crippen LogP contribution in [-0.2, 0) is 40.0 Å². The van der Waals surface area contributed by atoms with Crippen molar-refractivity contribution in [2.75, 3.05) is 24.7 Å². The standard InChI is InChI=1S/C33H51N7O10S2/c1-17(2)12-21(36-31(47)25-10-7-11-40(25)32(48)20(34)15-51)27(43)37-23(14-41)29(45)38-24(16-52)30(46)35-22(13-19-8-5-4-6-9-19)28(44)39-26(18(3)42)33(49)50/h4-6,8-9,17-18,20-26,41-42,51-52H,7,10-16,34H2,1-3H3,(H,35,46)(H,36,47)(H,37,43)(H,38,45)(H,39,44)(H,49,50)/t18-,20+,21+,22+,23+,24+,25+,26+/m1/s1. The number of benzene rings is 1. The summed E-state index contributed by atoms with van der Waals surface area (Å²) < 4.78 is 0. The van der Waals surface area contributed by atoms with Gasteiger partial charge in [-0.15, -0.1) is 0 Å². The van der Waals surface area contributed by atoms with E-state index in [-0.39, 0.29) is 30.3 Å². The van der Waals surface area contributed by atoms with Crippen molar-refractivity contribution in [1.82, 2.24) is 31.5 Å². The summed E-state index contributed by atoms with van der Waals surface area (Å²) in [5.41, 5.74) is 6.45. The zero-order valence-electron chi connectivity index (χ0n) is 29.4. The summed E-state index contributed by atoms with van der Waals surface area (Å²) >= 11 is 8.21. The average molecular weight is 770 g/mol. The lowest BCUT2D eigenvalue weighted by atomic mass is 10.0. The first-order valence-corrected chi connectivity index (χ1v) is 18.2. The van der Waals surface area contributed by atoms with E-state index in [0.717, 1.165) is 0 Å². The molecule has 1 aliphatic rings. The average Bonchev–Trinajstić information content (AvgIpc) is 3.60. The van der Waals surface area contributed by atoms with Gasteiger partial charge in [0.05, 0.1) is 18.8 Å². The minimum Gasteiger partial charge on any atom is -0.480 e. The van der Waals surface area contributed by atoms with Crippen molar-refractivity contribution in [2.45, 2.75) is 94.9 Å². The quantitative estimate of drug-likeness (QED) is 0.0610. The van der Waals surface area contributed by atoms with Crippen LogP contribution in [0.1, 0.15) is 45.6 Å². The van der Waals surface area contributed by atoms with Crippen molar-refractivity contribution in [3.63, 3.8) is 0 Å². The lowest BCUT2D eigenvalue weighted by Gasteiger charge is -2.29. The summed E-state index contributed by atoms with van der Waals surface area (Å²) in [6.07, 6.45) is -0.472. The summed E-state index contributed by atoms with van der Waals surface area (Å²) in [4.78, 5) is 92.1. The molecule has 1 aliphatic heterocycles. The molecule has 0 aromatic heterocycles. The van der Waals surface area contributed by atoms with Crippen LogP contribution >= 0.6 is 25.3 Å². The van der Waals surface area contributed by atoms with Gasteiger partial charge in [-0.3, -0.25) is 28.8 Å². The Morgan fingerprint density at radius 1 is 0.827 bits per heavy atom. The third-order valence-electron chi connectivity index (χ3n) is 8.29. The molecule has 6 amide bonds. The van der Waals surface area contributed by atoms with Crippen LogP contribution in [-0.4, -0.2) is 135 Å². The predicted octanol–water partition coefficient (Wildman–Crippen LogP) is -2.67. The molecule has 2 rings (SSSR count). The number of nitrogens with zero attached hydrogens (tertiary/aromatic N) is 1. The maximum absolute atomic E-state index is 13.4. The number of likely N-dealkylation sites (tertiary alicyclic amines) is 1. The Balaban J connectivity index is 2.17. The second kappa shape index (κ2) is 21.6. The van der Waals surface area contributed by atoms with Crippen molar-refractivity contribution in [3.8, 4) is 0 Å². The molecule has 1 heterocycles. The van der Waals surface area contributed by atoms with Crippen molar-refractivity contribution in [3.05, 3.63) is 35.9 Å². The SMILES string of the molecule is CC(C)C[C@H](NC(=O)[C@@H]1CCCN1C(=O)[C@@H](N)CS)C(=O)N[C@@H](CO)C(=O)N[C@@H](CS)C(=O)N[C@@H](Cc1ccccc1)C(=O)N[C@H](C(=O)O)[C@@H](C)O. The van der Waals surface area contributed by atoms with E-state index in [1.807, 2.05) is 13.8 Å². The van der Waals surface area contributed by atoms with E-state index in [9.17, 15) is 48.9 Å². The van der Waals surface area contributed by atoms with Gasteiger partial charge in [-0.2, -0.15) is 25.3 Å². The number of nitrogens with two attached hydrogens (primary N) is 1. The molecule has 0 saturated carbocycles. The molecule has 1 fully saturated rings. The van der Waals surface area contributed by atoms with Gasteiger partial charge in [-0.1, -0.05) is 44.2 Å². The number of carbonyl (C=O) groups is 7. The van der Waals surface area contributed by atoms with E-state index < -0.39 is 96.4 Å². The van der Waals surface area contributed by atoms with E-state index in [2.05, 4.69) is 51.8 Å². The monoisotopic (exact) mass is 769 g/mol. The third kappa shape index (κ3) is 13.3. The van der Waals surface area contributed by atoms with Crippen LogP contribution in [0.2, 0.25) is 0 Å². The number of amides is 6. The Morgan fingerprint density at radius 2 is 1.38 bits per heavy atom. The minimum atomic E-state index is -1.67. The van der Waals surface area contributed by atoms with Crippen molar-refractivity contribution in [2.24, 2.45) is 11.7 Å². The minimum absolute atomic E-state index is 0.0785. The number of hydrogen-bond acceptors (Lipinski definition) is 12. The van der Waals surface area contributed by atoms with E-state index in [0.29, 0.717) is 24.9 Å². The predicted molar refractivity (Wildman–Crippen MR) is 196 cm³/mol. The van der Waals surface area contributed by atoms with Gasteiger partial charge in [0.15, 0.2) is 6.04 Å². The summed E-state index contributed by atoms with van der Waals surface area (Å²) in [5.74, 6) is -6.37. The van der Waals surface area contributed by atoms with Gasteiger partial charge in [0, 0.05) is 24.5 Å². The Hall–Kier alpha value is -3.91. The van der Waals surface area contributed by atoms with Crippen LogP contribution in [0.3, 0.4) is 0 Å². The largest absolute Gasteiger partial charge is 0.480 e. The van der Waals surface area contributed by atoms with Crippen molar-refractivity contribution < 1.29 is 48.9 Å². The smallest absolute Gasteiger partial charge is 0.328 e. The van der Waals surface area contributed by atoms with Gasteiger partial charge < -0.3 is 52.5 Å². The van der Waals surface area contributed by atoms with Crippen LogP contribution in [0, 0.1) is 5.92 Å². The summed E-state index contributed by atoms with van der Waals surface area (Å²) in [6.45, 7) is 4.23. The number of carbonyl (C=O) groups excluding carboxylic acids is 6. The topological polar surface area (TPSA) is 270 Å². The molecule has 0 spiro atoms. The fraction of sp³-hybridized carbons (Fsp3) is 0.606. The Morgan fingerprint density at radius 3 is 1.92 bits per heavy atom. The Bertz CT molecular complexity index is 1400. The highest BCUT2D eigenvalue weighted by molar-refractivity contribution is 7.80. The van der Waals surface area contributed by atoms with Gasteiger partial charge in [0.2, 0.25) is 35.4 Å². The fourth-order valence-electron chi connectivity index (χ4n) is 5.47. The number of hydrogen-bond donors (Lipinski definition) is 11. The maximum atomic E-state index is 13.4. The summed E-state index contributed by atoms with van der Waals surface area (Å²) in [5, 5.41) is 41.5. The van der Waals surface area contributed by atoms with Gasteiger partial charge in [-0.25, -0.2) is 4.79 Å². The Labute approximate surface area is 313 Å². The molecule has 0 unspecified atom stereocenters. The number of aliphatic hydroxyl groups is 2. The molecule has 0 bridgehead atoms. The lowest BCUT2D eigenvalue weighted by molar-refractivity contribution is -0.145. The van der Waals surface area contributed by atoms with Gasteiger partial charge in [-0.05, 0) is 37.7 Å². The third-order valence-corrected chi connectivity index (χ3v) is 9.04. The van der Waals surface area contributed by atoms with Gasteiger partial charge in [0.25, 0.3) is 0 Å². The number of thiol groups is 2. The molecule has 52 heavy (non-hydrogen) atoms. The molecule has 0 aliphatic carbocycles. The number of aliphatic hydroxyl groups excluding tert-OH is 2. The molecular formula is C33H51N7O10S2. The second-order valence-corrected chi connectivity index (χ2v) is 13.7. The van der Waals surface area contributed by atoms with Crippen molar-refractivity contribution >= 4 is 66.7 Å². The van der Waals surface area contributed by atoms with Crippen LogP contribution in [0.4, 0.5) is 0 Å². The first-order chi connectivity index (χ1) is 24.5. The first-order valence-electron chi connectivity index (χ1n) is 16.9. The van der Waals surface area contributed by atoms with Crippen LogP contribution in [0.15, 0.2) is 30.3 Å². The second-order valence-electron chi connectivity index (χ2n) is 13.0. The van der Waals surface area contributed by atoms with Crippen LogP contribution in [0.5, 0.6) is 0 Å². The number of aliphatic carboxylic acids is 1. The summed E-state index contributed by atoms with van der Waals surface area (Å²) in [6, 6.07) is -0.386. The molecule has 1 saturated heterocycles. The van der Waals surface area contributed by atoms with Gasteiger partial charge >= 0.3 is 5.97 Å². The molecule has 19 heteroatoms. The molecule has 1 aromatic carbocycles. The maximum Gasteiger partial charge on any atom is 0.328 e. The van der Waals surface area contributed by atoms with Crippen LogP contribution in [0.25, 0.3) is 0 Å². The molecule has 1 aromatic rings. The highest BCUT2D eigenvalue weighted by Crippen LogP contribution is 2.19. The molecular weight excluding hydrogens is 719 g/mol. The van der Waals surface area contributed by atoms with E-state index in [4.69, 9.17) is 5.73 Å². The number of carboxylic acids is 1. The van der Waals surface area contributed by atoms with E-state index in [1.165, 1.54) is 11.8 Å². The lowest BCUT2D eigenvalue weighted by Crippen LogP contribution is -2.61. The molecule has 290 valence electrons. The molecule has 17 nitrogen and oxygen atoms in total.